The second-order valence-electron chi connectivity index (χ2n) is 6.56. The molecule has 150 valence electrons. The topological polar surface area (TPSA) is 94.5 Å². The first kappa shape index (κ1) is 13.1. The highest BCUT2D eigenvalue weighted by Crippen LogP contribution is 2.39. The molecule has 1 fully saturated rings. The molecule has 2 atom stereocenters. The van der Waals surface area contributed by atoms with Crippen LogP contribution in [0.4, 0.5) is 0 Å². The highest BCUT2D eigenvalue weighted by atomic mass is 16.5. The van der Waals surface area contributed by atoms with E-state index in [0.29, 0.717) is 12.0 Å². The Morgan fingerprint density at radius 2 is 1.71 bits per heavy atom. The molecule has 3 rings (SSSR count). The van der Waals surface area contributed by atoms with Crippen LogP contribution in [0.15, 0.2) is 30.3 Å². The van der Waals surface area contributed by atoms with Gasteiger partial charge in [0.2, 0.25) is 5.75 Å². The molecule has 1 aliphatic heterocycles. The zero-order valence-electron chi connectivity index (χ0n) is 21.1. The van der Waals surface area contributed by atoms with E-state index in [1.807, 2.05) is 0 Å². The molecule has 0 amide bonds. The molecule has 2 unspecified atom stereocenters. The summed E-state index contributed by atoms with van der Waals surface area (Å²) in [6, 6.07) is 7.28. The van der Waals surface area contributed by atoms with Gasteiger partial charge in [0.1, 0.15) is 0 Å². The first-order valence-electron chi connectivity index (χ1n) is 11.5. The third-order valence-electron chi connectivity index (χ3n) is 4.83. The quantitative estimate of drug-likeness (QED) is 0.697. The van der Waals surface area contributed by atoms with E-state index >= 15 is 0 Å². The van der Waals surface area contributed by atoms with Crippen LogP contribution in [0, 0.1) is 11.8 Å². The standard InChI is InChI=1S/C21H24O7/c1-25-17-8-12(4-5-16(17)22)6-14-11-28-21(24)15(14)7-13-9-18(26-2)20(23)19(10-13)27-3/h4-5,8-10,14-15,22-23H,6-7,11H2,1-3H3/i2D3,3D3. The molecule has 0 aliphatic carbocycles. The van der Waals surface area contributed by atoms with E-state index in [-0.39, 0.29) is 30.4 Å². The van der Waals surface area contributed by atoms with Crippen molar-refractivity contribution in [2.24, 2.45) is 11.8 Å². The van der Waals surface area contributed by atoms with E-state index in [2.05, 4.69) is 0 Å². The number of phenols is 2. The Labute approximate surface area is 171 Å². The van der Waals surface area contributed by atoms with Gasteiger partial charge in [0, 0.05) is 5.92 Å². The zero-order chi connectivity index (χ0) is 25.3. The van der Waals surface area contributed by atoms with E-state index in [1.54, 1.807) is 12.1 Å². The van der Waals surface area contributed by atoms with Crippen LogP contribution in [0.2, 0.25) is 0 Å². The maximum Gasteiger partial charge on any atom is 0.309 e. The predicted octanol–water partition coefficient (Wildman–Crippen LogP) is 2.70. The Balaban J connectivity index is 1.89. The third kappa shape index (κ3) is 3.93. The minimum Gasteiger partial charge on any atom is -0.504 e. The summed E-state index contributed by atoms with van der Waals surface area (Å²) < 4.78 is 63.7. The lowest BCUT2D eigenvalue weighted by Gasteiger charge is -2.17. The molecule has 2 aromatic carbocycles. The van der Waals surface area contributed by atoms with Crippen LogP contribution < -0.4 is 14.2 Å². The molecule has 2 aromatic rings. The maximum absolute atomic E-state index is 12.5. The number of carbonyl (C=O) groups excluding carboxylic acids is 1. The van der Waals surface area contributed by atoms with Crippen LogP contribution in [0.25, 0.3) is 0 Å². The van der Waals surface area contributed by atoms with Crippen LogP contribution >= 0.6 is 0 Å². The number of hydrogen-bond donors (Lipinski definition) is 2. The average molecular weight is 394 g/mol. The predicted molar refractivity (Wildman–Crippen MR) is 101 cm³/mol. The number of carbonyl (C=O) groups is 1. The summed E-state index contributed by atoms with van der Waals surface area (Å²) in [6.45, 7) is 0.141. The molecule has 0 radical (unpaired) electrons. The highest BCUT2D eigenvalue weighted by molar-refractivity contribution is 5.75. The van der Waals surface area contributed by atoms with Crippen LogP contribution in [0.1, 0.15) is 19.4 Å². The molecule has 0 spiro atoms. The second-order valence-corrected chi connectivity index (χ2v) is 6.56. The Bertz CT molecular complexity index is 1010. The first-order valence-corrected chi connectivity index (χ1v) is 8.52. The van der Waals surface area contributed by atoms with Gasteiger partial charge >= 0.3 is 5.97 Å². The summed E-state index contributed by atoms with van der Waals surface area (Å²) in [7, 11) is -4.41. The number of phenolic OH excluding ortho intramolecular Hbond substituents is 2. The van der Waals surface area contributed by atoms with Gasteiger partial charge in [-0.3, -0.25) is 4.79 Å². The Kier molecular flexibility index (Phi) is 3.89. The smallest absolute Gasteiger partial charge is 0.309 e. The fourth-order valence-corrected chi connectivity index (χ4v) is 3.37. The van der Waals surface area contributed by atoms with E-state index in [0.717, 1.165) is 5.56 Å². The average Bonchev–Trinajstić information content (AvgIpc) is 3.04. The molecule has 28 heavy (non-hydrogen) atoms. The Morgan fingerprint density at radius 1 is 1.04 bits per heavy atom. The molecular weight excluding hydrogens is 364 g/mol. The number of aromatic hydroxyl groups is 2. The summed E-state index contributed by atoms with van der Waals surface area (Å²) in [5, 5.41) is 20.1. The van der Waals surface area contributed by atoms with Crippen molar-refractivity contribution in [3.8, 4) is 28.7 Å². The van der Waals surface area contributed by atoms with Gasteiger partial charge in [-0.05, 0) is 48.2 Å². The lowest BCUT2D eigenvalue weighted by atomic mass is 9.85. The third-order valence-corrected chi connectivity index (χ3v) is 4.83. The molecule has 0 aromatic heterocycles. The fourth-order valence-electron chi connectivity index (χ4n) is 3.37. The number of benzene rings is 2. The van der Waals surface area contributed by atoms with Crippen molar-refractivity contribution in [2.75, 3.05) is 27.8 Å². The summed E-state index contributed by atoms with van der Waals surface area (Å²) in [5.41, 5.74) is 1.11. The lowest BCUT2D eigenvalue weighted by molar-refractivity contribution is -0.141. The number of rotatable bonds is 7. The molecule has 0 saturated carbocycles. The second kappa shape index (κ2) is 8.29. The molecular formula is C21H24O7. The maximum atomic E-state index is 12.5. The van der Waals surface area contributed by atoms with Gasteiger partial charge in [0.25, 0.3) is 0 Å². The number of hydrogen-bond acceptors (Lipinski definition) is 7. The number of cyclic esters (lactones) is 1. The molecule has 0 bridgehead atoms. The van der Waals surface area contributed by atoms with Crippen LogP contribution in [0.3, 0.4) is 0 Å². The van der Waals surface area contributed by atoms with Crippen LogP contribution in [-0.2, 0) is 22.4 Å². The number of esters is 1. The zero-order valence-corrected chi connectivity index (χ0v) is 15.1. The van der Waals surface area contributed by atoms with E-state index < -0.39 is 43.2 Å². The van der Waals surface area contributed by atoms with Crippen molar-refractivity contribution < 1.29 is 42.2 Å². The molecule has 7 heteroatoms. The van der Waals surface area contributed by atoms with Gasteiger partial charge in [-0.2, -0.15) is 0 Å². The summed E-state index contributed by atoms with van der Waals surface area (Å²) in [6.07, 6.45) is 0.468. The SMILES string of the molecule is [2H]C([2H])([2H])Oc1cc(CC2C(=O)OCC2Cc2ccc(O)c(OC)c2)cc(OC([2H])([2H])[2H])c1O. The van der Waals surface area contributed by atoms with Gasteiger partial charge in [-0.15, -0.1) is 0 Å². The van der Waals surface area contributed by atoms with E-state index in [4.69, 9.17) is 27.2 Å². The Morgan fingerprint density at radius 3 is 2.36 bits per heavy atom. The van der Waals surface area contributed by atoms with Gasteiger partial charge in [0.05, 0.1) is 41.9 Å². The number of methoxy groups -OCH3 is 3. The van der Waals surface area contributed by atoms with Crippen molar-refractivity contribution in [3.05, 3.63) is 41.5 Å². The molecule has 1 heterocycles. The minimum absolute atomic E-state index is 0.0192. The monoisotopic (exact) mass is 394 g/mol. The highest BCUT2D eigenvalue weighted by Gasteiger charge is 2.37. The summed E-state index contributed by atoms with van der Waals surface area (Å²) >= 11 is 0. The van der Waals surface area contributed by atoms with Gasteiger partial charge in [-0.1, -0.05) is 6.07 Å². The van der Waals surface area contributed by atoms with Crippen molar-refractivity contribution in [1.29, 1.82) is 0 Å². The minimum atomic E-state index is -2.92. The van der Waals surface area contributed by atoms with Gasteiger partial charge in [-0.25, -0.2) is 0 Å². The molecule has 7 nitrogen and oxygen atoms in total. The van der Waals surface area contributed by atoms with E-state index in [1.165, 1.54) is 25.3 Å². The molecule has 1 saturated heterocycles. The lowest BCUT2D eigenvalue weighted by Crippen LogP contribution is -2.20. The van der Waals surface area contributed by atoms with Crippen LogP contribution in [0.5, 0.6) is 28.7 Å². The largest absolute Gasteiger partial charge is 0.504 e. The van der Waals surface area contributed by atoms with Crippen molar-refractivity contribution in [2.45, 2.75) is 12.8 Å². The van der Waals surface area contributed by atoms with Crippen molar-refractivity contribution in [3.63, 3.8) is 0 Å². The molecule has 1 aliphatic rings. The van der Waals surface area contributed by atoms with Crippen molar-refractivity contribution >= 4 is 5.97 Å². The van der Waals surface area contributed by atoms with Crippen molar-refractivity contribution in [1.82, 2.24) is 0 Å². The van der Waals surface area contributed by atoms with Gasteiger partial charge < -0.3 is 29.2 Å². The van der Waals surface area contributed by atoms with Crippen LogP contribution in [-0.4, -0.2) is 44.0 Å². The molecule has 2 N–H and O–H groups in total. The first-order chi connectivity index (χ1) is 15.8. The number of ether oxygens (including phenoxy) is 4. The summed E-state index contributed by atoms with van der Waals surface area (Å²) in [4.78, 5) is 12.5. The fraction of sp³-hybridized carbons (Fsp3) is 0.381. The van der Waals surface area contributed by atoms with Gasteiger partial charge in [0.15, 0.2) is 23.0 Å². The Hall–Kier alpha value is -3.09. The summed E-state index contributed by atoms with van der Waals surface area (Å²) in [5.74, 6) is -2.89. The van der Waals surface area contributed by atoms with E-state index in [9.17, 15) is 15.0 Å². The normalized spacial score (nSPS) is 22.7.